The number of nitrogens with one attached hydrogen (secondary N) is 1. The Bertz CT molecular complexity index is 299. The van der Waals surface area contributed by atoms with Crippen molar-refractivity contribution in [1.82, 2.24) is 10.2 Å². The summed E-state index contributed by atoms with van der Waals surface area (Å²) in [4.78, 5) is 14.6. The number of esters is 1. The number of nitrogens with zero attached hydrogens (tertiary/aromatic N) is 1. The second-order valence-corrected chi connectivity index (χ2v) is 6.37. The highest BCUT2D eigenvalue weighted by molar-refractivity contribution is 5.80. The van der Waals surface area contributed by atoms with Gasteiger partial charge in [0.05, 0.1) is 7.11 Å². The monoisotopic (exact) mass is 284 g/mol. The summed E-state index contributed by atoms with van der Waals surface area (Å²) in [6, 6.07) is 1.23. The van der Waals surface area contributed by atoms with Crippen molar-refractivity contribution in [3.05, 3.63) is 0 Å². The second kappa shape index (κ2) is 7.99. The van der Waals surface area contributed by atoms with Gasteiger partial charge in [-0.15, -0.1) is 0 Å². The van der Waals surface area contributed by atoms with Crippen molar-refractivity contribution in [3.63, 3.8) is 0 Å². The van der Waals surface area contributed by atoms with Crippen LogP contribution in [0.4, 0.5) is 0 Å². The van der Waals surface area contributed by atoms with Gasteiger partial charge >= 0.3 is 5.97 Å². The largest absolute Gasteiger partial charge is 0.468 e. The van der Waals surface area contributed by atoms with Gasteiger partial charge in [0.2, 0.25) is 0 Å². The van der Waals surface area contributed by atoms with E-state index in [9.17, 15) is 4.79 Å². The molecule has 4 heteroatoms. The summed E-state index contributed by atoms with van der Waals surface area (Å²) in [6.07, 6.45) is 5.67. The van der Waals surface area contributed by atoms with Crippen molar-refractivity contribution < 1.29 is 9.53 Å². The van der Waals surface area contributed by atoms with Crippen molar-refractivity contribution in [2.75, 3.05) is 20.2 Å². The number of likely N-dealkylation sites (tertiary alicyclic amines) is 1. The second-order valence-electron chi connectivity index (χ2n) is 6.37. The predicted octanol–water partition coefficient (Wildman–Crippen LogP) is 2.57. The van der Waals surface area contributed by atoms with Gasteiger partial charge in [0.25, 0.3) is 0 Å². The van der Waals surface area contributed by atoms with Crippen molar-refractivity contribution >= 4 is 5.97 Å². The molecular formula is C16H32N2O2. The van der Waals surface area contributed by atoms with Gasteiger partial charge in [0.1, 0.15) is 5.54 Å². The van der Waals surface area contributed by atoms with Gasteiger partial charge in [0, 0.05) is 18.6 Å². The number of methoxy groups -OCH3 is 1. The fourth-order valence-corrected chi connectivity index (χ4v) is 3.16. The lowest BCUT2D eigenvalue weighted by Crippen LogP contribution is -2.54. The van der Waals surface area contributed by atoms with Crippen LogP contribution in [0.1, 0.15) is 59.8 Å². The van der Waals surface area contributed by atoms with Crippen LogP contribution in [0.25, 0.3) is 0 Å². The lowest BCUT2D eigenvalue weighted by molar-refractivity contribution is -0.148. The molecule has 1 N–H and O–H groups in total. The topological polar surface area (TPSA) is 41.6 Å². The van der Waals surface area contributed by atoms with Crippen LogP contribution in [-0.4, -0.2) is 48.7 Å². The Kier molecular flexibility index (Phi) is 6.96. The van der Waals surface area contributed by atoms with Gasteiger partial charge in [-0.1, -0.05) is 13.3 Å². The number of rotatable bonds is 7. The minimum atomic E-state index is -0.568. The number of hydrogen-bond donors (Lipinski definition) is 1. The highest BCUT2D eigenvalue weighted by Crippen LogP contribution is 2.24. The Balaban J connectivity index is 2.62. The predicted molar refractivity (Wildman–Crippen MR) is 82.8 cm³/mol. The fourth-order valence-electron chi connectivity index (χ4n) is 3.16. The van der Waals surface area contributed by atoms with E-state index < -0.39 is 5.54 Å². The van der Waals surface area contributed by atoms with Crippen LogP contribution in [0.5, 0.6) is 0 Å². The van der Waals surface area contributed by atoms with Gasteiger partial charge < -0.3 is 10.1 Å². The molecule has 0 aromatic carbocycles. The van der Waals surface area contributed by atoms with Gasteiger partial charge in [-0.05, 0) is 53.0 Å². The van der Waals surface area contributed by atoms with Crippen molar-refractivity contribution in [2.24, 2.45) is 0 Å². The smallest absolute Gasteiger partial charge is 0.325 e. The number of carbonyl (C=O) groups excluding carboxylic acids is 1. The quantitative estimate of drug-likeness (QED) is 0.730. The number of hydrogen-bond acceptors (Lipinski definition) is 4. The number of piperidine rings is 1. The molecule has 1 heterocycles. The summed E-state index contributed by atoms with van der Waals surface area (Å²) in [6.45, 7) is 10.5. The maximum absolute atomic E-state index is 12.1. The molecule has 0 aromatic heterocycles. The van der Waals surface area contributed by atoms with Crippen molar-refractivity contribution in [1.29, 1.82) is 0 Å². The molecule has 1 aliphatic heterocycles. The Hall–Kier alpha value is -0.610. The molecule has 4 nitrogen and oxygen atoms in total. The molecule has 0 amide bonds. The molecule has 1 aliphatic rings. The Morgan fingerprint density at radius 1 is 1.35 bits per heavy atom. The van der Waals surface area contributed by atoms with Crippen LogP contribution < -0.4 is 5.32 Å². The Morgan fingerprint density at radius 3 is 2.45 bits per heavy atom. The zero-order valence-electron chi connectivity index (χ0n) is 13.9. The molecule has 1 rings (SSSR count). The molecular weight excluding hydrogens is 252 g/mol. The molecule has 0 bridgehead atoms. The zero-order chi connectivity index (χ0) is 15.2. The molecule has 0 aliphatic carbocycles. The normalized spacial score (nSPS) is 27.1. The average Bonchev–Trinajstić information content (AvgIpc) is 2.43. The molecule has 1 fully saturated rings. The third-order valence-electron chi connectivity index (χ3n) is 4.65. The van der Waals surface area contributed by atoms with Crippen LogP contribution in [-0.2, 0) is 9.53 Å². The first-order valence-corrected chi connectivity index (χ1v) is 8.03. The fraction of sp³-hybridized carbons (Fsp3) is 0.938. The molecule has 3 atom stereocenters. The number of carbonyl (C=O) groups is 1. The van der Waals surface area contributed by atoms with Gasteiger partial charge in [0.15, 0.2) is 0 Å². The first-order chi connectivity index (χ1) is 9.44. The van der Waals surface area contributed by atoms with E-state index in [-0.39, 0.29) is 5.97 Å². The van der Waals surface area contributed by atoms with Crippen LogP contribution in [0, 0.1) is 0 Å². The Labute approximate surface area is 124 Å². The summed E-state index contributed by atoms with van der Waals surface area (Å²) < 4.78 is 4.99. The van der Waals surface area contributed by atoms with Gasteiger partial charge in [-0.25, -0.2) is 0 Å². The summed E-state index contributed by atoms with van der Waals surface area (Å²) >= 11 is 0. The van der Waals surface area contributed by atoms with E-state index in [2.05, 4.69) is 31.0 Å². The molecule has 0 radical (unpaired) electrons. The minimum Gasteiger partial charge on any atom is -0.468 e. The molecule has 3 unspecified atom stereocenters. The molecule has 0 saturated carbocycles. The standard InChI is InChI=1S/C16H32N2O2/c1-6-11-17-16(4,15(19)20-5)10-12-18-13(2)8-7-9-14(18)3/h13-14,17H,6-12H2,1-5H3. The zero-order valence-corrected chi connectivity index (χ0v) is 13.9. The Morgan fingerprint density at radius 2 is 1.95 bits per heavy atom. The van der Waals surface area contributed by atoms with Crippen molar-refractivity contribution in [3.8, 4) is 0 Å². The maximum atomic E-state index is 12.1. The van der Waals surface area contributed by atoms with E-state index in [0.717, 1.165) is 25.9 Å². The van der Waals surface area contributed by atoms with E-state index in [0.29, 0.717) is 12.1 Å². The minimum absolute atomic E-state index is 0.150. The third-order valence-corrected chi connectivity index (χ3v) is 4.65. The average molecular weight is 284 g/mol. The molecule has 0 aromatic rings. The van der Waals surface area contributed by atoms with Crippen molar-refractivity contribution in [2.45, 2.75) is 77.4 Å². The third kappa shape index (κ3) is 4.45. The summed E-state index contributed by atoms with van der Waals surface area (Å²) in [7, 11) is 1.47. The highest BCUT2D eigenvalue weighted by atomic mass is 16.5. The lowest BCUT2D eigenvalue weighted by Gasteiger charge is -2.41. The highest BCUT2D eigenvalue weighted by Gasteiger charge is 2.35. The van der Waals surface area contributed by atoms with Gasteiger partial charge in [-0.2, -0.15) is 0 Å². The van der Waals surface area contributed by atoms with E-state index in [1.54, 1.807) is 0 Å². The molecule has 0 spiro atoms. The van der Waals surface area contributed by atoms with E-state index in [4.69, 9.17) is 4.74 Å². The first kappa shape index (κ1) is 17.4. The van der Waals surface area contributed by atoms with Crippen LogP contribution >= 0.6 is 0 Å². The van der Waals surface area contributed by atoms with E-state index in [1.807, 2.05) is 6.92 Å². The summed E-state index contributed by atoms with van der Waals surface area (Å²) in [5.74, 6) is -0.150. The summed E-state index contributed by atoms with van der Waals surface area (Å²) in [5, 5.41) is 3.36. The summed E-state index contributed by atoms with van der Waals surface area (Å²) in [5.41, 5.74) is -0.568. The van der Waals surface area contributed by atoms with Crippen LogP contribution in [0.2, 0.25) is 0 Å². The maximum Gasteiger partial charge on any atom is 0.325 e. The van der Waals surface area contributed by atoms with E-state index in [1.165, 1.54) is 26.4 Å². The van der Waals surface area contributed by atoms with Crippen LogP contribution in [0.3, 0.4) is 0 Å². The van der Waals surface area contributed by atoms with Crippen LogP contribution in [0.15, 0.2) is 0 Å². The lowest BCUT2D eigenvalue weighted by atomic mass is 9.93. The first-order valence-electron chi connectivity index (χ1n) is 8.03. The van der Waals surface area contributed by atoms with E-state index >= 15 is 0 Å². The molecule has 118 valence electrons. The molecule has 1 saturated heterocycles. The number of ether oxygens (including phenoxy) is 1. The SMILES string of the molecule is CCCNC(C)(CCN1C(C)CCCC1C)C(=O)OC. The van der Waals surface area contributed by atoms with Gasteiger partial charge in [-0.3, -0.25) is 9.69 Å². The molecule has 20 heavy (non-hydrogen) atoms.